The highest BCUT2D eigenvalue weighted by molar-refractivity contribution is 4.99. The molecule has 2 rings (SSSR count). The van der Waals surface area contributed by atoms with Crippen molar-refractivity contribution in [2.45, 2.75) is 38.8 Å². The molecule has 1 saturated heterocycles. The Morgan fingerprint density at radius 3 is 3.12 bits per heavy atom. The van der Waals surface area contributed by atoms with Crippen LogP contribution in [0.3, 0.4) is 0 Å². The Labute approximate surface area is 104 Å². The van der Waals surface area contributed by atoms with Crippen LogP contribution >= 0.6 is 0 Å². The van der Waals surface area contributed by atoms with E-state index in [1.807, 2.05) is 10.9 Å². The SMILES string of the molecule is Cc1cnn(CCN(C)C2CCCNCC2)c1. The minimum atomic E-state index is 0.738. The molecule has 1 atom stereocenters. The topological polar surface area (TPSA) is 33.1 Å². The molecule has 17 heavy (non-hydrogen) atoms. The maximum absolute atomic E-state index is 4.33. The zero-order valence-electron chi connectivity index (χ0n) is 11.0. The van der Waals surface area contributed by atoms with E-state index < -0.39 is 0 Å². The van der Waals surface area contributed by atoms with Crippen LogP contribution in [0.25, 0.3) is 0 Å². The van der Waals surface area contributed by atoms with Crippen molar-refractivity contribution in [2.24, 2.45) is 0 Å². The molecular formula is C13H24N4. The highest BCUT2D eigenvalue weighted by Gasteiger charge is 2.16. The predicted molar refractivity (Wildman–Crippen MR) is 70.1 cm³/mol. The van der Waals surface area contributed by atoms with E-state index in [-0.39, 0.29) is 0 Å². The molecular weight excluding hydrogens is 212 g/mol. The van der Waals surface area contributed by atoms with E-state index in [0.717, 1.165) is 25.7 Å². The minimum Gasteiger partial charge on any atom is -0.317 e. The molecule has 1 aromatic rings. The molecule has 1 aliphatic rings. The van der Waals surface area contributed by atoms with Crippen molar-refractivity contribution in [2.75, 3.05) is 26.7 Å². The van der Waals surface area contributed by atoms with Crippen LogP contribution in [0.4, 0.5) is 0 Å². The summed E-state index contributed by atoms with van der Waals surface area (Å²) in [5.74, 6) is 0. The number of hydrogen-bond acceptors (Lipinski definition) is 3. The normalized spacial score (nSPS) is 21.7. The van der Waals surface area contributed by atoms with Gasteiger partial charge in [-0.25, -0.2) is 0 Å². The molecule has 2 heterocycles. The second kappa shape index (κ2) is 6.17. The molecule has 1 N–H and O–H groups in total. The van der Waals surface area contributed by atoms with E-state index in [1.165, 1.54) is 31.4 Å². The van der Waals surface area contributed by atoms with Crippen LogP contribution in [0, 0.1) is 6.92 Å². The van der Waals surface area contributed by atoms with Crippen LogP contribution in [-0.4, -0.2) is 47.4 Å². The quantitative estimate of drug-likeness (QED) is 0.854. The third-order valence-corrected chi connectivity index (χ3v) is 3.61. The molecule has 1 fully saturated rings. The fourth-order valence-corrected chi connectivity index (χ4v) is 2.47. The van der Waals surface area contributed by atoms with E-state index in [1.54, 1.807) is 0 Å². The van der Waals surface area contributed by atoms with E-state index >= 15 is 0 Å². The van der Waals surface area contributed by atoms with Crippen molar-refractivity contribution in [3.8, 4) is 0 Å². The first-order chi connectivity index (χ1) is 8.25. The summed E-state index contributed by atoms with van der Waals surface area (Å²) in [6.45, 7) is 6.52. The lowest BCUT2D eigenvalue weighted by atomic mass is 10.1. The Morgan fingerprint density at radius 1 is 1.47 bits per heavy atom. The third-order valence-electron chi connectivity index (χ3n) is 3.61. The first-order valence-electron chi connectivity index (χ1n) is 6.66. The van der Waals surface area contributed by atoms with E-state index in [4.69, 9.17) is 0 Å². The molecule has 1 unspecified atom stereocenters. The van der Waals surface area contributed by atoms with Gasteiger partial charge in [-0.05, 0) is 51.9 Å². The summed E-state index contributed by atoms with van der Waals surface area (Å²) < 4.78 is 2.04. The lowest BCUT2D eigenvalue weighted by Crippen LogP contribution is -2.35. The lowest BCUT2D eigenvalue weighted by Gasteiger charge is -2.26. The Morgan fingerprint density at radius 2 is 2.35 bits per heavy atom. The van der Waals surface area contributed by atoms with Crippen molar-refractivity contribution in [3.05, 3.63) is 18.0 Å². The van der Waals surface area contributed by atoms with Gasteiger partial charge in [0.2, 0.25) is 0 Å². The maximum atomic E-state index is 4.33. The van der Waals surface area contributed by atoms with Gasteiger partial charge in [0.15, 0.2) is 0 Å². The second-order valence-electron chi connectivity index (χ2n) is 5.10. The maximum Gasteiger partial charge on any atom is 0.0536 e. The Bertz CT molecular complexity index is 326. The molecule has 0 amide bonds. The molecule has 0 bridgehead atoms. The van der Waals surface area contributed by atoms with Gasteiger partial charge in [0.05, 0.1) is 12.7 Å². The summed E-state index contributed by atoms with van der Waals surface area (Å²) in [7, 11) is 2.24. The third kappa shape index (κ3) is 3.82. The smallest absolute Gasteiger partial charge is 0.0536 e. The van der Waals surface area contributed by atoms with Gasteiger partial charge >= 0.3 is 0 Å². The van der Waals surface area contributed by atoms with Gasteiger partial charge in [-0.15, -0.1) is 0 Å². The number of likely N-dealkylation sites (N-methyl/N-ethyl adjacent to an activating group) is 1. The van der Waals surface area contributed by atoms with Crippen molar-refractivity contribution >= 4 is 0 Å². The van der Waals surface area contributed by atoms with Crippen LogP contribution < -0.4 is 5.32 Å². The Hall–Kier alpha value is -0.870. The number of hydrogen-bond donors (Lipinski definition) is 1. The van der Waals surface area contributed by atoms with Crippen molar-refractivity contribution in [3.63, 3.8) is 0 Å². The molecule has 96 valence electrons. The molecule has 4 nitrogen and oxygen atoms in total. The van der Waals surface area contributed by atoms with Gasteiger partial charge in [-0.2, -0.15) is 5.10 Å². The fourth-order valence-electron chi connectivity index (χ4n) is 2.47. The van der Waals surface area contributed by atoms with Gasteiger partial charge in [0, 0.05) is 18.8 Å². The number of nitrogens with zero attached hydrogens (tertiary/aromatic N) is 3. The van der Waals surface area contributed by atoms with Crippen LogP contribution in [0.5, 0.6) is 0 Å². The Balaban J connectivity index is 1.77. The van der Waals surface area contributed by atoms with Crippen LogP contribution in [0.15, 0.2) is 12.4 Å². The van der Waals surface area contributed by atoms with Crippen molar-refractivity contribution in [1.82, 2.24) is 20.0 Å². The first-order valence-corrected chi connectivity index (χ1v) is 6.66. The zero-order valence-corrected chi connectivity index (χ0v) is 11.0. The van der Waals surface area contributed by atoms with Gasteiger partial charge in [-0.3, -0.25) is 4.68 Å². The molecule has 0 aromatic carbocycles. The van der Waals surface area contributed by atoms with Crippen LogP contribution in [0.2, 0.25) is 0 Å². The lowest BCUT2D eigenvalue weighted by molar-refractivity contribution is 0.214. The summed E-state index contributed by atoms with van der Waals surface area (Å²) in [6.07, 6.45) is 7.93. The van der Waals surface area contributed by atoms with Gasteiger partial charge in [-0.1, -0.05) is 0 Å². The molecule has 0 aliphatic carbocycles. The molecule has 1 aromatic heterocycles. The Kier molecular flexibility index (Phi) is 4.57. The van der Waals surface area contributed by atoms with Gasteiger partial charge in [0.25, 0.3) is 0 Å². The molecule has 0 spiro atoms. The van der Waals surface area contributed by atoms with E-state index in [9.17, 15) is 0 Å². The van der Waals surface area contributed by atoms with E-state index in [0.29, 0.717) is 0 Å². The average molecular weight is 236 g/mol. The largest absolute Gasteiger partial charge is 0.317 e. The predicted octanol–water partition coefficient (Wildman–Crippen LogP) is 1.27. The summed E-state index contributed by atoms with van der Waals surface area (Å²) in [5.41, 5.74) is 1.24. The van der Waals surface area contributed by atoms with Crippen LogP contribution in [0.1, 0.15) is 24.8 Å². The number of nitrogens with one attached hydrogen (secondary N) is 1. The standard InChI is InChI=1S/C13H24N4/c1-12-10-15-17(11-12)9-8-16(2)13-4-3-6-14-7-5-13/h10-11,13-14H,3-9H2,1-2H3. The van der Waals surface area contributed by atoms with Crippen molar-refractivity contribution in [1.29, 1.82) is 0 Å². The molecule has 1 aliphatic heterocycles. The summed E-state index contributed by atoms with van der Waals surface area (Å²) in [6, 6.07) is 0.738. The highest BCUT2D eigenvalue weighted by Crippen LogP contribution is 2.11. The summed E-state index contributed by atoms with van der Waals surface area (Å²) >= 11 is 0. The second-order valence-corrected chi connectivity index (χ2v) is 5.10. The number of aromatic nitrogens is 2. The van der Waals surface area contributed by atoms with Gasteiger partial charge < -0.3 is 10.2 Å². The zero-order chi connectivity index (χ0) is 12.1. The molecule has 4 heteroatoms. The first kappa shape index (κ1) is 12.6. The highest BCUT2D eigenvalue weighted by atomic mass is 15.3. The fraction of sp³-hybridized carbons (Fsp3) is 0.769. The van der Waals surface area contributed by atoms with Crippen molar-refractivity contribution < 1.29 is 0 Å². The minimum absolute atomic E-state index is 0.738. The number of rotatable bonds is 4. The molecule has 0 radical (unpaired) electrons. The monoisotopic (exact) mass is 236 g/mol. The van der Waals surface area contributed by atoms with Gasteiger partial charge in [0.1, 0.15) is 0 Å². The van der Waals surface area contributed by atoms with Crippen LogP contribution in [-0.2, 0) is 6.54 Å². The number of aryl methyl sites for hydroxylation is 1. The van der Waals surface area contributed by atoms with E-state index in [2.05, 4.69) is 35.5 Å². The summed E-state index contributed by atoms with van der Waals surface area (Å²) in [4.78, 5) is 2.49. The summed E-state index contributed by atoms with van der Waals surface area (Å²) in [5, 5.41) is 7.79. The molecule has 0 saturated carbocycles. The average Bonchev–Trinajstić information content (AvgIpc) is 2.58.